The highest BCUT2D eigenvalue weighted by atomic mass is 127. The maximum atomic E-state index is 2.42. The van der Waals surface area contributed by atoms with Crippen LogP contribution in [0.25, 0.3) is 0 Å². The Bertz CT molecular complexity index is 85.9. The van der Waals surface area contributed by atoms with Crippen molar-refractivity contribution in [3.8, 4) is 0 Å². The number of halogens is 2. The first kappa shape index (κ1) is 6.67. The van der Waals surface area contributed by atoms with E-state index in [-0.39, 0.29) is 0 Å². The highest BCUT2D eigenvalue weighted by Gasteiger charge is 1.81. The maximum Gasteiger partial charge on any atom is 0.00510 e. The zero-order chi connectivity index (χ0) is 4.95. The van der Waals surface area contributed by atoms with Gasteiger partial charge in [0.1, 0.15) is 0 Å². The van der Waals surface area contributed by atoms with Gasteiger partial charge in [0, 0.05) is 15.5 Å². The average molecular weight is 340 g/mol. The average Bonchev–Trinajstić information content (AvgIpc) is 1.90. The van der Waals surface area contributed by atoms with Crippen LogP contribution in [0.3, 0.4) is 0 Å². The quantitative estimate of drug-likeness (QED) is 0.481. The van der Waals surface area contributed by atoms with E-state index in [1.54, 1.807) is 8.86 Å². The fourth-order valence-electron chi connectivity index (χ4n) is 0.264. The Morgan fingerprint density at radius 1 is 1.14 bits per heavy atom. The van der Waals surface area contributed by atoms with Gasteiger partial charge in [-0.1, -0.05) is 11.8 Å². The predicted molar refractivity (Wildman–Crippen MR) is 57.5 cm³/mol. The molecule has 42 valence electrons. The number of rotatable bonds is 0. The molecule has 0 atom stereocenters. The number of thioether (sulfide) groups is 1. The van der Waals surface area contributed by atoms with Gasteiger partial charge in [0.2, 0.25) is 0 Å². The standard InChI is InChI=1S/C4H6I2S/c1-2-6-4-7-3-5-1/h3-4H,1-2H2. The van der Waals surface area contributed by atoms with Gasteiger partial charge in [-0.15, -0.1) is 41.5 Å². The van der Waals surface area contributed by atoms with Crippen molar-refractivity contribution in [3.63, 3.8) is 0 Å². The lowest BCUT2D eigenvalue weighted by Crippen LogP contribution is -1.66. The summed E-state index contributed by atoms with van der Waals surface area (Å²) in [5, 5.41) is 0. The lowest BCUT2D eigenvalue weighted by atomic mass is 11.0. The third-order valence-corrected chi connectivity index (χ3v) is 9.28. The number of hydrogen-bond acceptors (Lipinski definition) is 1. The van der Waals surface area contributed by atoms with Crippen molar-refractivity contribution in [1.82, 2.24) is 0 Å². The zero-order valence-corrected chi connectivity index (χ0v) is 8.86. The van der Waals surface area contributed by atoms with Crippen molar-refractivity contribution in [2.75, 3.05) is 8.86 Å². The second-order valence-corrected chi connectivity index (χ2v) is 8.60. The molecule has 0 bridgehead atoms. The summed E-state index contributed by atoms with van der Waals surface area (Å²) in [7, 11) is 0. The summed E-state index contributed by atoms with van der Waals surface area (Å²) in [5.74, 6) is 0. The minimum Gasteiger partial charge on any atom is -0.115 e. The molecule has 0 aromatic carbocycles. The van der Waals surface area contributed by atoms with Crippen LogP contribution in [0.5, 0.6) is 0 Å². The van der Waals surface area contributed by atoms with Gasteiger partial charge in [-0.05, 0) is 0 Å². The molecule has 0 spiro atoms. The van der Waals surface area contributed by atoms with Crippen LogP contribution in [0, 0.1) is 0 Å². The molecule has 1 rings (SSSR count). The third-order valence-electron chi connectivity index (χ3n) is 0.519. The van der Waals surface area contributed by atoms with Crippen molar-refractivity contribution in [2.45, 2.75) is 0 Å². The first-order valence-electron chi connectivity index (χ1n) is 1.94. The highest BCUT2D eigenvalue weighted by Crippen LogP contribution is 2.12. The van der Waals surface area contributed by atoms with Gasteiger partial charge in [-0.2, -0.15) is 0 Å². The summed E-state index contributed by atoms with van der Waals surface area (Å²) < 4.78 is 7.95. The second kappa shape index (κ2) is 4.43. The van der Waals surface area contributed by atoms with Crippen LogP contribution in [0.1, 0.15) is 0 Å². The van der Waals surface area contributed by atoms with Crippen molar-refractivity contribution in [2.24, 2.45) is 0 Å². The molecule has 1 aliphatic rings. The fourth-order valence-corrected chi connectivity index (χ4v) is 9.59. The van der Waals surface area contributed by atoms with E-state index in [1.807, 2.05) is 11.8 Å². The smallest absolute Gasteiger partial charge is 0.00510 e. The molecule has 0 amide bonds. The molecule has 1 heterocycles. The van der Waals surface area contributed by atoms with E-state index >= 15 is 0 Å². The van der Waals surface area contributed by atoms with Crippen molar-refractivity contribution in [1.29, 1.82) is 0 Å². The molecule has 0 aromatic heterocycles. The lowest BCUT2D eigenvalue weighted by Gasteiger charge is -1.74. The van der Waals surface area contributed by atoms with Gasteiger partial charge < -0.3 is 0 Å². The first-order chi connectivity index (χ1) is 3.50. The van der Waals surface area contributed by atoms with Gasteiger partial charge >= 0.3 is 0 Å². The molecule has 0 N–H and O–H groups in total. The monoisotopic (exact) mass is 340 g/mol. The molecule has 0 saturated heterocycles. The Kier molecular flexibility index (Phi) is 4.22. The van der Waals surface area contributed by atoms with E-state index in [1.165, 1.54) is 0 Å². The number of alkyl halides is 2. The fraction of sp³-hybridized carbons (Fsp3) is 0.500. The Labute approximate surface area is 67.9 Å². The Morgan fingerprint density at radius 2 is 1.71 bits per heavy atom. The third kappa shape index (κ3) is 3.18. The topological polar surface area (TPSA) is 0 Å². The van der Waals surface area contributed by atoms with E-state index < -0.39 is 0 Å². The largest absolute Gasteiger partial charge is 0.115 e. The minimum atomic E-state index is 0.521. The van der Waals surface area contributed by atoms with Crippen molar-refractivity contribution >= 4 is 59.9 Å². The van der Waals surface area contributed by atoms with E-state index in [9.17, 15) is 0 Å². The molecule has 0 unspecified atom stereocenters. The molecule has 0 nitrogen and oxygen atoms in total. The van der Waals surface area contributed by atoms with Crippen molar-refractivity contribution < 1.29 is 0 Å². The Balaban J connectivity index is 2.38. The van der Waals surface area contributed by atoms with E-state index in [0.29, 0.717) is 41.5 Å². The van der Waals surface area contributed by atoms with Gasteiger partial charge in [0.25, 0.3) is 0 Å². The van der Waals surface area contributed by atoms with Crippen LogP contribution >= 0.6 is 53.2 Å². The Morgan fingerprint density at radius 3 is 2.29 bits per heavy atom. The Hall–Kier alpha value is 1.55. The molecule has 3 heteroatoms. The summed E-state index contributed by atoms with van der Waals surface area (Å²) in [6.07, 6.45) is 0. The maximum absolute atomic E-state index is 2.42. The summed E-state index contributed by atoms with van der Waals surface area (Å²) in [5.41, 5.74) is 0. The van der Waals surface area contributed by atoms with E-state index in [4.69, 9.17) is 0 Å². The minimum absolute atomic E-state index is 0.521. The van der Waals surface area contributed by atoms with Gasteiger partial charge in [0.15, 0.2) is 0 Å². The van der Waals surface area contributed by atoms with Crippen LogP contribution in [0.15, 0.2) is 0 Å². The lowest BCUT2D eigenvalue weighted by molar-refractivity contribution is 1.67. The van der Waals surface area contributed by atoms with Crippen molar-refractivity contribution in [3.05, 3.63) is 0 Å². The SMILES string of the molecule is C1=ICCI=CS1. The molecule has 1 aliphatic heterocycles. The molecule has 0 radical (unpaired) electrons. The summed E-state index contributed by atoms with van der Waals surface area (Å²) in [6.45, 7) is 0. The second-order valence-electron chi connectivity index (χ2n) is 1.00. The molecular formula is C4H6I2S. The van der Waals surface area contributed by atoms with E-state index in [2.05, 4.69) is 6.69 Å². The summed E-state index contributed by atoms with van der Waals surface area (Å²) in [4.78, 5) is 0. The first-order valence-corrected chi connectivity index (χ1v) is 8.43. The van der Waals surface area contributed by atoms with Gasteiger partial charge in [-0.3, -0.25) is 0 Å². The van der Waals surface area contributed by atoms with Crippen LogP contribution in [-0.2, 0) is 0 Å². The molecule has 0 saturated carbocycles. The normalized spacial score (nSPS) is 21.7. The zero-order valence-electron chi connectivity index (χ0n) is 3.73. The summed E-state index contributed by atoms with van der Waals surface area (Å²) >= 11 is 3.01. The molecule has 0 aromatic rings. The van der Waals surface area contributed by atoms with Gasteiger partial charge in [0.05, 0.1) is 0 Å². The molecule has 7 heavy (non-hydrogen) atoms. The van der Waals surface area contributed by atoms with E-state index in [0.717, 1.165) is 0 Å². The highest BCUT2D eigenvalue weighted by molar-refractivity contribution is 14.2. The predicted octanol–water partition coefficient (Wildman–Crippen LogP) is 2.19. The summed E-state index contributed by atoms with van der Waals surface area (Å²) in [6, 6.07) is 0. The molecule has 0 fully saturated rings. The van der Waals surface area contributed by atoms with Crippen LogP contribution in [0.4, 0.5) is 0 Å². The molecule has 0 aliphatic carbocycles. The van der Waals surface area contributed by atoms with Crippen LogP contribution in [-0.4, -0.2) is 15.5 Å². The van der Waals surface area contributed by atoms with Crippen LogP contribution < -0.4 is 0 Å². The van der Waals surface area contributed by atoms with Crippen LogP contribution in [0.2, 0.25) is 0 Å². The number of hydrogen-bond donors (Lipinski definition) is 0. The van der Waals surface area contributed by atoms with Gasteiger partial charge in [-0.25, -0.2) is 0 Å². The molecular weight excluding hydrogens is 334 g/mol.